The number of benzene rings is 1. The van der Waals surface area contributed by atoms with Gasteiger partial charge in [-0.2, -0.15) is 0 Å². The fraction of sp³-hybridized carbons (Fsp3) is 0.154. The zero-order valence-electron chi connectivity index (χ0n) is 10.4. The topological polar surface area (TPSA) is 91.6 Å². The molecule has 0 bridgehead atoms. The van der Waals surface area contributed by atoms with Crippen LogP contribution >= 0.6 is 0 Å². The minimum atomic E-state index is -1.06. The Morgan fingerprint density at radius 2 is 2.05 bits per heavy atom. The van der Waals surface area contributed by atoms with Crippen LogP contribution in [0.25, 0.3) is 10.9 Å². The summed E-state index contributed by atoms with van der Waals surface area (Å²) in [5.41, 5.74) is 1.18. The molecule has 1 aliphatic rings. The first-order valence-corrected chi connectivity index (χ1v) is 6.02. The van der Waals surface area contributed by atoms with E-state index in [-0.39, 0.29) is 12.3 Å². The van der Waals surface area contributed by atoms with Gasteiger partial charge in [0.15, 0.2) is 0 Å². The molecule has 2 N–H and O–H groups in total. The number of carbonyl (C=O) groups is 3. The number of hydrogen-bond donors (Lipinski definition) is 2. The molecular weight excluding hydrogens is 262 g/mol. The number of amides is 3. The van der Waals surface area contributed by atoms with Crippen molar-refractivity contribution >= 4 is 34.6 Å². The average molecular weight is 273 g/mol. The van der Waals surface area contributed by atoms with Gasteiger partial charge in [-0.05, 0) is 24.3 Å². The lowest BCUT2D eigenvalue weighted by Crippen LogP contribution is -2.49. The Labute approximate surface area is 113 Å². The summed E-state index contributed by atoms with van der Waals surface area (Å²) in [6, 6.07) is 6.24. The lowest BCUT2D eigenvalue weighted by atomic mass is 10.2. The fourth-order valence-corrected chi connectivity index (χ4v) is 2.28. The van der Waals surface area contributed by atoms with Gasteiger partial charge in [0, 0.05) is 30.2 Å². The SMILES string of the molecule is O=C1CCN(c2ccc3c(ccn3C(=O)O)c2)C(=O)N1. The number of fused-ring (bicyclic) bond motifs is 1. The van der Waals surface area contributed by atoms with Crippen molar-refractivity contribution in [1.82, 2.24) is 9.88 Å². The molecule has 2 aromatic rings. The van der Waals surface area contributed by atoms with Crippen LogP contribution in [-0.2, 0) is 4.79 Å². The number of carbonyl (C=O) groups excluding carboxylic acids is 2. The van der Waals surface area contributed by atoms with Gasteiger partial charge < -0.3 is 5.11 Å². The summed E-state index contributed by atoms with van der Waals surface area (Å²) in [6.07, 6.45) is 0.644. The van der Waals surface area contributed by atoms with Crippen LogP contribution in [0, 0.1) is 0 Å². The fourth-order valence-electron chi connectivity index (χ4n) is 2.28. The van der Waals surface area contributed by atoms with E-state index in [2.05, 4.69) is 5.32 Å². The summed E-state index contributed by atoms with van der Waals surface area (Å²) in [5.74, 6) is -0.288. The Bertz CT molecular complexity index is 734. The molecule has 1 saturated heterocycles. The minimum Gasteiger partial charge on any atom is -0.464 e. The van der Waals surface area contributed by atoms with Crippen molar-refractivity contribution in [2.24, 2.45) is 0 Å². The van der Waals surface area contributed by atoms with Gasteiger partial charge in [-0.15, -0.1) is 0 Å². The van der Waals surface area contributed by atoms with Crippen molar-refractivity contribution in [2.75, 3.05) is 11.4 Å². The molecule has 0 radical (unpaired) electrons. The van der Waals surface area contributed by atoms with Gasteiger partial charge in [-0.1, -0.05) is 0 Å². The molecule has 3 rings (SSSR count). The van der Waals surface area contributed by atoms with Crippen LogP contribution in [0.3, 0.4) is 0 Å². The van der Waals surface area contributed by atoms with E-state index in [1.165, 1.54) is 11.1 Å². The molecule has 0 spiro atoms. The molecule has 2 heterocycles. The van der Waals surface area contributed by atoms with Gasteiger partial charge in [0.1, 0.15) is 0 Å². The number of hydrogen-bond acceptors (Lipinski definition) is 3. The van der Waals surface area contributed by atoms with Gasteiger partial charge in [0.2, 0.25) is 5.91 Å². The number of imide groups is 1. The molecule has 1 aromatic carbocycles. The largest absolute Gasteiger partial charge is 0.464 e. The van der Waals surface area contributed by atoms with Crippen molar-refractivity contribution in [3.63, 3.8) is 0 Å². The normalized spacial score (nSPS) is 15.5. The number of carboxylic acid groups (broad SMARTS) is 1. The predicted molar refractivity (Wildman–Crippen MR) is 70.9 cm³/mol. The van der Waals surface area contributed by atoms with Crippen molar-refractivity contribution in [3.05, 3.63) is 30.5 Å². The van der Waals surface area contributed by atoms with Crippen molar-refractivity contribution in [3.8, 4) is 0 Å². The number of nitrogens with one attached hydrogen (secondary N) is 1. The third-order valence-electron chi connectivity index (χ3n) is 3.25. The summed E-state index contributed by atoms with van der Waals surface area (Å²) in [6.45, 7) is 0.315. The second kappa shape index (κ2) is 4.37. The van der Waals surface area contributed by atoms with Gasteiger partial charge >= 0.3 is 12.1 Å². The number of nitrogens with zero attached hydrogens (tertiary/aromatic N) is 2. The minimum absolute atomic E-state index is 0.250. The maximum atomic E-state index is 11.7. The third kappa shape index (κ3) is 1.89. The summed E-state index contributed by atoms with van der Waals surface area (Å²) in [5, 5.41) is 12.0. The van der Waals surface area contributed by atoms with Crippen LogP contribution in [-0.4, -0.2) is 34.2 Å². The second-order valence-electron chi connectivity index (χ2n) is 4.47. The number of aromatic nitrogens is 1. The second-order valence-corrected chi connectivity index (χ2v) is 4.47. The number of rotatable bonds is 1. The smallest absolute Gasteiger partial charge is 0.415 e. The van der Waals surface area contributed by atoms with Gasteiger partial charge in [-0.25, -0.2) is 9.59 Å². The standard InChI is InChI=1S/C13H11N3O4/c17-11-4-6-15(12(18)14-11)9-1-2-10-8(7-9)3-5-16(10)13(19)20/h1-3,5,7H,4,6H2,(H,19,20)(H,14,17,18). The summed E-state index contributed by atoms with van der Waals surface area (Å²) in [4.78, 5) is 35.3. The van der Waals surface area contributed by atoms with Gasteiger partial charge in [0.25, 0.3) is 0 Å². The molecule has 0 unspecified atom stereocenters. The lowest BCUT2D eigenvalue weighted by molar-refractivity contribution is -0.120. The van der Waals surface area contributed by atoms with Crippen LogP contribution in [0.15, 0.2) is 30.5 Å². The van der Waals surface area contributed by atoms with E-state index in [1.54, 1.807) is 24.3 Å². The van der Waals surface area contributed by atoms with Crippen molar-refractivity contribution in [2.45, 2.75) is 6.42 Å². The van der Waals surface area contributed by atoms with E-state index in [1.807, 2.05) is 0 Å². The number of anilines is 1. The maximum absolute atomic E-state index is 11.7. The highest BCUT2D eigenvalue weighted by molar-refractivity contribution is 6.06. The Kier molecular flexibility index (Phi) is 2.67. The average Bonchev–Trinajstić information content (AvgIpc) is 2.81. The van der Waals surface area contributed by atoms with E-state index in [0.29, 0.717) is 17.7 Å². The molecule has 1 aromatic heterocycles. The molecule has 7 nitrogen and oxygen atoms in total. The molecule has 20 heavy (non-hydrogen) atoms. The van der Waals surface area contributed by atoms with E-state index in [9.17, 15) is 14.4 Å². The molecule has 1 aliphatic heterocycles. The molecule has 0 atom stereocenters. The van der Waals surface area contributed by atoms with E-state index < -0.39 is 12.1 Å². The number of urea groups is 1. The lowest BCUT2D eigenvalue weighted by Gasteiger charge is -2.26. The van der Waals surface area contributed by atoms with Crippen LogP contribution in [0.1, 0.15) is 6.42 Å². The van der Waals surface area contributed by atoms with Gasteiger partial charge in [0.05, 0.1) is 5.52 Å². The maximum Gasteiger partial charge on any atom is 0.415 e. The first kappa shape index (κ1) is 12.2. The first-order chi connectivity index (χ1) is 9.56. The summed E-state index contributed by atoms with van der Waals surface area (Å²) >= 11 is 0. The monoisotopic (exact) mass is 273 g/mol. The molecule has 1 fully saturated rings. The highest BCUT2D eigenvalue weighted by atomic mass is 16.4. The highest BCUT2D eigenvalue weighted by Crippen LogP contribution is 2.24. The molecule has 3 amide bonds. The zero-order valence-corrected chi connectivity index (χ0v) is 10.4. The van der Waals surface area contributed by atoms with Gasteiger partial charge in [-0.3, -0.25) is 19.6 Å². The molecule has 102 valence electrons. The Morgan fingerprint density at radius 3 is 2.75 bits per heavy atom. The van der Waals surface area contributed by atoms with E-state index >= 15 is 0 Å². The Hall–Kier alpha value is -2.83. The highest BCUT2D eigenvalue weighted by Gasteiger charge is 2.24. The summed E-state index contributed by atoms with van der Waals surface area (Å²) < 4.78 is 1.11. The van der Waals surface area contributed by atoms with Crippen LogP contribution in [0.5, 0.6) is 0 Å². The Morgan fingerprint density at radius 1 is 1.25 bits per heavy atom. The summed E-state index contributed by atoms with van der Waals surface area (Å²) in [7, 11) is 0. The van der Waals surface area contributed by atoms with Crippen molar-refractivity contribution in [1.29, 1.82) is 0 Å². The molecule has 7 heteroatoms. The molecule has 0 aliphatic carbocycles. The van der Waals surface area contributed by atoms with E-state index in [4.69, 9.17) is 5.11 Å². The van der Waals surface area contributed by atoms with Crippen LogP contribution < -0.4 is 10.2 Å². The predicted octanol–water partition coefficient (Wildman–Crippen LogP) is 1.61. The Balaban J connectivity index is 1.99. The first-order valence-electron chi connectivity index (χ1n) is 6.02. The zero-order chi connectivity index (χ0) is 14.3. The van der Waals surface area contributed by atoms with Crippen molar-refractivity contribution < 1.29 is 19.5 Å². The molecular formula is C13H11N3O4. The van der Waals surface area contributed by atoms with Crippen LogP contribution in [0.4, 0.5) is 15.3 Å². The molecule has 0 saturated carbocycles. The quantitative estimate of drug-likeness (QED) is 0.825. The van der Waals surface area contributed by atoms with Crippen LogP contribution in [0.2, 0.25) is 0 Å². The third-order valence-corrected chi connectivity index (χ3v) is 3.25. The van der Waals surface area contributed by atoms with E-state index in [0.717, 1.165) is 9.95 Å².